The van der Waals surface area contributed by atoms with Crippen LogP contribution in [0.5, 0.6) is 5.75 Å². The average molecular weight is 317 g/mol. The minimum Gasteiger partial charge on any atom is -0.491 e. The fourth-order valence-corrected chi connectivity index (χ4v) is 2.49. The van der Waals surface area contributed by atoms with Crippen LogP contribution < -0.4 is 15.8 Å². The van der Waals surface area contributed by atoms with E-state index in [0.29, 0.717) is 5.75 Å². The van der Waals surface area contributed by atoms with Crippen LogP contribution in [0.15, 0.2) is 36.5 Å². The Bertz CT molecular complexity index is 720. The summed E-state index contributed by atoms with van der Waals surface area (Å²) in [6, 6.07) is 9.41. The van der Waals surface area contributed by atoms with Gasteiger partial charge in [-0.3, -0.25) is 0 Å². The van der Waals surface area contributed by atoms with E-state index in [-0.39, 0.29) is 12.8 Å². The molecule has 0 fully saturated rings. The summed E-state index contributed by atoms with van der Waals surface area (Å²) in [6.45, 7) is -0.877. The van der Waals surface area contributed by atoms with Crippen LogP contribution in [0.2, 0.25) is 0 Å². The van der Waals surface area contributed by atoms with Gasteiger partial charge in [-0.1, -0.05) is 6.07 Å². The van der Waals surface area contributed by atoms with Crippen molar-refractivity contribution in [2.45, 2.75) is 25.1 Å². The molecule has 4 N–H and O–H groups in total. The van der Waals surface area contributed by atoms with E-state index in [1.807, 2.05) is 30.5 Å². The fourth-order valence-electron chi connectivity index (χ4n) is 2.49. The molecule has 5 nitrogen and oxygen atoms in total. The first-order valence-corrected chi connectivity index (χ1v) is 7.64. The zero-order valence-electron chi connectivity index (χ0n) is 12.7. The lowest BCUT2D eigenvalue weighted by Gasteiger charge is -2.20. The van der Waals surface area contributed by atoms with Crippen molar-refractivity contribution in [3.63, 3.8) is 0 Å². The number of rotatable bonds is 5. The molecule has 6 heteroatoms. The number of hydrogen-bond acceptors (Lipinski definition) is 5. The number of nitrogens with two attached hydrogens (primary N) is 1. The summed E-state index contributed by atoms with van der Waals surface area (Å²) in [5.41, 5.74) is 8.74. The van der Waals surface area contributed by atoms with E-state index in [0.717, 1.165) is 35.0 Å². The molecule has 0 aliphatic carbocycles. The van der Waals surface area contributed by atoms with Gasteiger partial charge in [0.1, 0.15) is 25.1 Å². The van der Waals surface area contributed by atoms with Crippen molar-refractivity contribution in [2.75, 3.05) is 13.3 Å². The van der Waals surface area contributed by atoms with Crippen molar-refractivity contribution in [3.05, 3.63) is 42.2 Å². The van der Waals surface area contributed by atoms with Crippen molar-refractivity contribution in [2.24, 2.45) is 5.73 Å². The van der Waals surface area contributed by atoms with Gasteiger partial charge < -0.3 is 20.9 Å². The summed E-state index contributed by atoms with van der Waals surface area (Å²) in [5, 5.41) is 13.3. The van der Waals surface area contributed by atoms with Crippen LogP contribution in [0.25, 0.3) is 16.5 Å². The smallest absolute Gasteiger partial charge is 0.120 e. The second-order valence-electron chi connectivity index (χ2n) is 5.65. The van der Waals surface area contributed by atoms with Crippen LogP contribution in [0, 0.1) is 0 Å². The maximum Gasteiger partial charge on any atom is 0.120 e. The van der Waals surface area contributed by atoms with E-state index in [2.05, 4.69) is 10.3 Å². The van der Waals surface area contributed by atoms with Gasteiger partial charge in [-0.2, -0.15) is 0 Å². The number of aliphatic hydroxyl groups is 1. The first kappa shape index (κ1) is 15.7. The first-order valence-electron chi connectivity index (χ1n) is 7.64. The number of nitrogens with zero attached hydrogens (tertiary/aromatic N) is 1. The zero-order chi connectivity index (χ0) is 16.2. The minimum atomic E-state index is -1.09. The lowest BCUT2D eigenvalue weighted by atomic mass is 10.0. The fraction of sp³-hybridized carbons (Fsp3) is 0.353. The number of benzene rings is 1. The van der Waals surface area contributed by atoms with Crippen molar-refractivity contribution in [1.29, 1.82) is 0 Å². The predicted octanol–water partition coefficient (Wildman–Crippen LogP) is 1.95. The lowest BCUT2D eigenvalue weighted by Crippen LogP contribution is -2.36. The average Bonchev–Trinajstić information content (AvgIpc) is 2.59. The van der Waals surface area contributed by atoms with Crippen LogP contribution in [0.3, 0.4) is 0 Å². The zero-order valence-corrected chi connectivity index (χ0v) is 12.7. The van der Waals surface area contributed by atoms with Gasteiger partial charge >= 0.3 is 0 Å². The van der Waals surface area contributed by atoms with Gasteiger partial charge in [-0.05, 0) is 42.7 Å². The number of aliphatic hydroxyl groups excluding tert-OH is 1. The number of fused-ring (bicyclic) bond motifs is 1. The van der Waals surface area contributed by atoms with Crippen LogP contribution in [-0.4, -0.2) is 35.6 Å². The molecule has 2 heterocycles. The number of ether oxygens (including phenoxy) is 1. The van der Waals surface area contributed by atoms with Crippen LogP contribution >= 0.6 is 0 Å². The van der Waals surface area contributed by atoms with Gasteiger partial charge in [0, 0.05) is 11.6 Å². The second kappa shape index (κ2) is 6.93. The van der Waals surface area contributed by atoms with Gasteiger partial charge in [-0.15, -0.1) is 0 Å². The number of aromatic nitrogens is 1. The molecule has 1 aromatic carbocycles. The molecule has 23 heavy (non-hydrogen) atoms. The molecule has 122 valence electrons. The molecule has 1 aromatic heterocycles. The Kier molecular flexibility index (Phi) is 4.73. The second-order valence-corrected chi connectivity index (χ2v) is 5.65. The van der Waals surface area contributed by atoms with E-state index in [1.54, 1.807) is 6.07 Å². The molecule has 2 unspecified atom stereocenters. The summed E-state index contributed by atoms with van der Waals surface area (Å²) in [4.78, 5) is 4.66. The Labute approximate surface area is 134 Å². The lowest BCUT2D eigenvalue weighted by molar-refractivity contribution is 0.0842. The molecule has 1 aliphatic heterocycles. The molecular formula is C17H20FN3O2. The summed E-state index contributed by atoms with van der Waals surface area (Å²) in [7, 11) is 0. The molecule has 0 amide bonds. The van der Waals surface area contributed by atoms with Crippen molar-refractivity contribution in [3.8, 4) is 5.75 Å². The molecule has 2 atom stereocenters. The van der Waals surface area contributed by atoms with Gasteiger partial charge in [0.05, 0.1) is 17.4 Å². The van der Waals surface area contributed by atoms with E-state index in [9.17, 15) is 9.50 Å². The number of hydrogen-bond donors (Lipinski definition) is 3. The Morgan fingerprint density at radius 3 is 3.00 bits per heavy atom. The molecule has 0 bridgehead atoms. The van der Waals surface area contributed by atoms with Crippen LogP contribution in [-0.2, 0) is 0 Å². The number of allylic oxidation sites excluding steroid dienone is 1. The highest BCUT2D eigenvalue weighted by Crippen LogP contribution is 2.25. The summed E-state index contributed by atoms with van der Waals surface area (Å²) >= 11 is 0. The Hall–Kier alpha value is -2.18. The van der Waals surface area contributed by atoms with Gasteiger partial charge in [0.15, 0.2) is 0 Å². The SMILES string of the molecule is NC1CCC(c2ccc3cc(OCC(O)CF)ccc3n2)=CN1. The van der Waals surface area contributed by atoms with Gasteiger partial charge in [-0.25, -0.2) is 9.37 Å². The number of nitrogens with one attached hydrogen (secondary N) is 1. The highest BCUT2D eigenvalue weighted by atomic mass is 19.1. The Morgan fingerprint density at radius 2 is 2.26 bits per heavy atom. The van der Waals surface area contributed by atoms with Gasteiger partial charge in [0.2, 0.25) is 0 Å². The van der Waals surface area contributed by atoms with E-state index in [4.69, 9.17) is 10.5 Å². The standard InChI is InChI=1S/C17H20FN3O2/c18-8-13(22)10-23-14-3-5-15-11(7-14)1-4-16(21-15)12-2-6-17(19)20-9-12/h1,3-5,7,9,13,17,20,22H,2,6,8,10,19H2. The minimum absolute atomic E-state index is 0.0126. The normalized spacial score (nSPS) is 19.1. The molecule has 0 spiro atoms. The number of halogens is 1. The predicted molar refractivity (Wildman–Crippen MR) is 87.5 cm³/mol. The maximum atomic E-state index is 12.2. The summed E-state index contributed by atoms with van der Waals surface area (Å²) < 4.78 is 17.6. The van der Waals surface area contributed by atoms with Crippen LogP contribution in [0.1, 0.15) is 18.5 Å². The number of alkyl halides is 1. The highest BCUT2D eigenvalue weighted by Gasteiger charge is 2.12. The maximum absolute atomic E-state index is 12.2. The Morgan fingerprint density at radius 1 is 1.39 bits per heavy atom. The third-order valence-corrected chi connectivity index (χ3v) is 3.81. The Balaban J connectivity index is 1.79. The van der Waals surface area contributed by atoms with E-state index >= 15 is 0 Å². The van der Waals surface area contributed by atoms with Gasteiger partial charge in [0.25, 0.3) is 0 Å². The van der Waals surface area contributed by atoms with E-state index < -0.39 is 12.8 Å². The van der Waals surface area contributed by atoms with Crippen LogP contribution in [0.4, 0.5) is 4.39 Å². The molecule has 2 aromatic rings. The summed E-state index contributed by atoms with van der Waals surface area (Å²) in [6.07, 6.45) is 2.63. The molecule has 0 radical (unpaired) electrons. The quantitative estimate of drug-likeness (QED) is 0.785. The largest absolute Gasteiger partial charge is 0.491 e. The summed E-state index contributed by atoms with van der Waals surface area (Å²) in [5.74, 6) is 0.587. The van der Waals surface area contributed by atoms with Crippen molar-refractivity contribution < 1.29 is 14.2 Å². The molecular weight excluding hydrogens is 297 g/mol. The first-order chi connectivity index (χ1) is 11.2. The molecule has 3 rings (SSSR count). The highest BCUT2D eigenvalue weighted by molar-refractivity contribution is 5.82. The third kappa shape index (κ3) is 3.78. The monoisotopic (exact) mass is 317 g/mol. The third-order valence-electron chi connectivity index (χ3n) is 3.81. The molecule has 1 aliphatic rings. The number of pyridine rings is 1. The van der Waals surface area contributed by atoms with Crippen molar-refractivity contribution >= 4 is 16.5 Å². The topological polar surface area (TPSA) is 80.4 Å². The van der Waals surface area contributed by atoms with Crippen molar-refractivity contribution in [1.82, 2.24) is 10.3 Å². The molecule has 0 saturated carbocycles. The van der Waals surface area contributed by atoms with E-state index in [1.165, 1.54) is 0 Å². The molecule has 0 saturated heterocycles.